The summed E-state index contributed by atoms with van der Waals surface area (Å²) in [6, 6.07) is 1.99. The molecule has 13 heavy (non-hydrogen) atoms. The Kier molecular flexibility index (Phi) is 2.91. The van der Waals surface area contributed by atoms with Crippen molar-refractivity contribution in [2.75, 3.05) is 0 Å². The van der Waals surface area contributed by atoms with Gasteiger partial charge in [-0.1, -0.05) is 13.8 Å². The molecule has 2 nitrogen and oxygen atoms in total. The molecular weight excluding hydrogens is 162 g/mol. The zero-order valence-corrected chi connectivity index (χ0v) is 8.79. The summed E-state index contributed by atoms with van der Waals surface area (Å²) >= 11 is 0. The number of rotatable bonds is 2. The minimum atomic E-state index is 0.104. The zero-order chi connectivity index (χ0) is 10.0. The molecule has 0 aliphatic heterocycles. The highest BCUT2D eigenvalue weighted by molar-refractivity contribution is 5.18. The standard InChI is InChI=1S/C11H17NO/c1-8(2)5-10-6-9(3)11(13)12(4)7-10/h6-8H,5H2,1-4H3. The molecule has 2 heteroatoms. The van der Waals surface area contributed by atoms with Crippen LogP contribution in [0, 0.1) is 12.8 Å². The van der Waals surface area contributed by atoms with E-state index >= 15 is 0 Å². The van der Waals surface area contributed by atoms with Crippen LogP contribution >= 0.6 is 0 Å². The van der Waals surface area contributed by atoms with Crippen LogP contribution < -0.4 is 5.56 Å². The molecule has 1 heterocycles. The van der Waals surface area contributed by atoms with E-state index in [4.69, 9.17) is 0 Å². The van der Waals surface area contributed by atoms with Gasteiger partial charge in [0.25, 0.3) is 5.56 Å². The lowest BCUT2D eigenvalue weighted by Crippen LogP contribution is -2.19. The van der Waals surface area contributed by atoms with Crippen LogP contribution in [0.4, 0.5) is 0 Å². The summed E-state index contributed by atoms with van der Waals surface area (Å²) in [6.07, 6.45) is 2.96. The van der Waals surface area contributed by atoms with Gasteiger partial charge in [-0.05, 0) is 30.9 Å². The van der Waals surface area contributed by atoms with Gasteiger partial charge < -0.3 is 4.57 Å². The van der Waals surface area contributed by atoms with E-state index in [1.807, 2.05) is 19.2 Å². The van der Waals surface area contributed by atoms with Crippen LogP contribution in [0.15, 0.2) is 17.1 Å². The molecule has 0 fully saturated rings. The minimum absolute atomic E-state index is 0.104. The summed E-state index contributed by atoms with van der Waals surface area (Å²) in [5.74, 6) is 0.636. The van der Waals surface area contributed by atoms with Crippen molar-refractivity contribution in [3.63, 3.8) is 0 Å². The van der Waals surface area contributed by atoms with Crippen LogP contribution in [0.1, 0.15) is 25.0 Å². The van der Waals surface area contributed by atoms with E-state index in [9.17, 15) is 4.79 Å². The van der Waals surface area contributed by atoms with E-state index in [-0.39, 0.29) is 5.56 Å². The van der Waals surface area contributed by atoms with Crippen molar-refractivity contribution in [1.29, 1.82) is 0 Å². The third-order valence-corrected chi connectivity index (χ3v) is 2.06. The van der Waals surface area contributed by atoms with Crippen LogP contribution in [0.25, 0.3) is 0 Å². The predicted octanol–water partition coefficient (Wildman–Crippen LogP) is 1.89. The quantitative estimate of drug-likeness (QED) is 0.679. The summed E-state index contributed by atoms with van der Waals surface area (Å²) in [7, 11) is 1.80. The van der Waals surface area contributed by atoms with E-state index in [0.717, 1.165) is 12.0 Å². The van der Waals surface area contributed by atoms with Crippen molar-refractivity contribution in [3.8, 4) is 0 Å². The number of aromatic nitrogens is 1. The van der Waals surface area contributed by atoms with Crippen molar-refractivity contribution >= 4 is 0 Å². The summed E-state index contributed by atoms with van der Waals surface area (Å²) in [6.45, 7) is 6.23. The lowest BCUT2D eigenvalue weighted by Gasteiger charge is -2.07. The van der Waals surface area contributed by atoms with Crippen LogP contribution in [0.2, 0.25) is 0 Å². The third kappa shape index (κ3) is 2.44. The maximum absolute atomic E-state index is 11.4. The molecule has 0 saturated heterocycles. The fourth-order valence-corrected chi connectivity index (χ4v) is 1.55. The Bertz CT molecular complexity index is 323. The number of nitrogens with zero attached hydrogens (tertiary/aromatic N) is 1. The predicted molar refractivity (Wildman–Crippen MR) is 55.0 cm³/mol. The van der Waals surface area contributed by atoms with Gasteiger partial charge >= 0.3 is 0 Å². The summed E-state index contributed by atoms with van der Waals surface area (Å²) in [4.78, 5) is 11.4. The monoisotopic (exact) mass is 179 g/mol. The molecule has 0 N–H and O–H groups in total. The van der Waals surface area contributed by atoms with Gasteiger partial charge in [0.1, 0.15) is 0 Å². The highest BCUT2D eigenvalue weighted by Gasteiger charge is 2.02. The first kappa shape index (κ1) is 10.0. The molecule has 72 valence electrons. The minimum Gasteiger partial charge on any atom is -0.318 e. The fraction of sp³-hybridized carbons (Fsp3) is 0.545. The van der Waals surface area contributed by atoms with Gasteiger partial charge in [0, 0.05) is 18.8 Å². The topological polar surface area (TPSA) is 22.0 Å². The van der Waals surface area contributed by atoms with Crippen molar-refractivity contribution in [1.82, 2.24) is 4.57 Å². The molecular formula is C11H17NO. The highest BCUT2D eigenvalue weighted by atomic mass is 16.1. The fourth-order valence-electron chi connectivity index (χ4n) is 1.55. The lowest BCUT2D eigenvalue weighted by atomic mass is 10.0. The van der Waals surface area contributed by atoms with Gasteiger partial charge in [0.2, 0.25) is 0 Å². The molecule has 0 spiro atoms. The van der Waals surface area contributed by atoms with Crippen LogP contribution in [0.3, 0.4) is 0 Å². The zero-order valence-electron chi connectivity index (χ0n) is 8.79. The van der Waals surface area contributed by atoms with Crippen LogP contribution in [0.5, 0.6) is 0 Å². The Labute approximate surface area is 79.2 Å². The molecule has 0 aromatic carbocycles. The van der Waals surface area contributed by atoms with E-state index in [1.165, 1.54) is 5.56 Å². The first-order valence-corrected chi connectivity index (χ1v) is 4.67. The molecule has 0 saturated carbocycles. The van der Waals surface area contributed by atoms with Gasteiger partial charge in [0.15, 0.2) is 0 Å². The Balaban J connectivity index is 3.06. The molecule has 1 aromatic heterocycles. The average molecular weight is 179 g/mol. The van der Waals surface area contributed by atoms with E-state index in [1.54, 1.807) is 11.6 Å². The first-order valence-electron chi connectivity index (χ1n) is 4.67. The molecule has 1 aromatic rings. The van der Waals surface area contributed by atoms with Gasteiger partial charge in [-0.2, -0.15) is 0 Å². The number of hydrogen-bond donors (Lipinski definition) is 0. The smallest absolute Gasteiger partial charge is 0.253 e. The van der Waals surface area contributed by atoms with Crippen molar-refractivity contribution in [2.45, 2.75) is 27.2 Å². The first-order chi connectivity index (χ1) is 6.00. The molecule has 1 rings (SSSR count). The second-order valence-electron chi connectivity index (χ2n) is 4.05. The number of pyridine rings is 1. The van der Waals surface area contributed by atoms with Gasteiger partial charge in [-0.15, -0.1) is 0 Å². The van der Waals surface area contributed by atoms with Crippen molar-refractivity contribution < 1.29 is 0 Å². The normalized spacial score (nSPS) is 10.8. The Morgan fingerprint density at radius 2 is 2.08 bits per heavy atom. The summed E-state index contributed by atoms with van der Waals surface area (Å²) in [5, 5.41) is 0. The van der Waals surface area contributed by atoms with Gasteiger partial charge in [-0.3, -0.25) is 4.79 Å². The molecule has 0 atom stereocenters. The summed E-state index contributed by atoms with van der Waals surface area (Å²) < 4.78 is 1.66. The lowest BCUT2D eigenvalue weighted by molar-refractivity contribution is 0.639. The molecule has 0 unspecified atom stereocenters. The van der Waals surface area contributed by atoms with E-state index in [2.05, 4.69) is 13.8 Å². The molecule has 0 radical (unpaired) electrons. The van der Waals surface area contributed by atoms with Crippen molar-refractivity contribution in [3.05, 3.63) is 33.7 Å². The molecule has 0 bridgehead atoms. The Hall–Kier alpha value is -1.05. The van der Waals surface area contributed by atoms with Crippen molar-refractivity contribution in [2.24, 2.45) is 13.0 Å². The SMILES string of the molecule is Cc1cc(CC(C)C)cn(C)c1=O. The van der Waals surface area contributed by atoms with Gasteiger partial charge in [0.05, 0.1) is 0 Å². The van der Waals surface area contributed by atoms with Crippen LogP contribution in [-0.4, -0.2) is 4.57 Å². The van der Waals surface area contributed by atoms with E-state index in [0.29, 0.717) is 5.92 Å². The number of hydrogen-bond acceptors (Lipinski definition) is 1. The Morgan fingerprint density at radius 1 is 1.46 bits per heavy atom. The molecule has 0 aliphatic rings. The Morgan fingerprint density at radius 3 is 2.54 bits per heavy atom. The maximum atomic E-state index is 11.4. The molecule has 0 aliphatic carbocycles. The summed E-state index contributed by atoms with van der Waals surface area (Å²) in [5.41, 5.74) is 2.18. The number of aryl methyl sites for hydroxylation is 2. The molecule has 0 amide bonds. The average Bonchev–Trinajstić information content (AvgIpc) is 1.98. The maximum Gasteiger partial charge on any atom is 0.253 e. The highest BCUT2D eigenvalue weighted by Crippen LogP contribution is 2.06. The van der Waals surface area contributed by atoms with Gasteiger partial charge in [-0.25, -0.2) is 0 Å². The second kappa shape index (κ2) is 3.77. The second-order valence-corrected chi connectivity index (χ2v) is 4.05. The van der Waals surface area contributed by atoms with Crippen LogP contribution in [-0.2, 0) is 13.5 Å². The largest absolute Gasteiger partial charge is 0.318 e. The third-order valence-electron chi connectivity index (χ3n) is 2.06. The van der Waals surface area contributed by atoms with E-state index < -0.39 is 0 Å².